The fraction of sp³-hybridized carbons (Fsp3) is 0.250. The first-order chi connectivity index (χ1) is 3.70. The molecule has 0 atom stereocenters. The molecule has 0 aliphatic carbocycles. The van der Waals surface area contributed by atoms with Crippen LogP contribution in [-0.2, 0) is 0 Å². The molecular formula is C4H3BrClNS. The molecule has 0 saturated heterocycles. The van der Waals surface area contributed by atoms with Gasteiger partial charge in [0.05, 0.1) is 5.69 Å². The molecule has 1 heterocycles. The molecule has 0 aliphatic rings. The fourth-order valence-corrected chi connectivity index (χ4v) is 2.16. The van der Waals surface area contributed by atoms with Crippen molar-refractivity contribution in [3.63, 3.8) is 0 Å². The van der Waals surface area contributed by atoms with Crippen molar-refractivity contribution in [2.45, 2.75) is 6.92 Å². The lowest BCUT2D eigenvalue weighted by Crippen LogP contribution is -1.65. The maximum atomic E-state index is 5.66. The second kappa shape index (κ2) is 2.33. The molecule has 0 radical (unpaired) electrons. The number of aryl methyl sites for hydroxylation is 1. The van der Waals surface area contributed by atoms with Crippen molar-refractivity contribution in [1.29, 1.82) is 0 Å². The summed E-state index contributed by atoms with van der Waals surface area (Å²) >= 11 is 10.3. The molecule has 0 amide bonds. The van der Waals surface area contributed by atoms with Crippen molar-refractivity contribution in [3.05, 3.63) is 13.9 Å². The minimum absolute atomic E-state index is 0.761. The summed E-state index contributed by atoms with van der Waals surface area (Å²) in [5.41, 5.74) is 0.892. The van der Waals surface area contributed by atoms with Gasteiger partial charge in [0, 0.05) is 0 Å². The highest BCUT2D eigenvalue weighted by atomic mass is 79.9. The van der Waals surface area contributed by atoms with Gasteiger partial charge in [-0.3, -0.25) is 0 Å². The van der Waals surface area contributed by atoms with Gasteiger partial charge in [-0.25, -0.2) is 4.98 Å². The Morgan fingerprint density at radius 3 is 2.50 bits per heavy atom. The lowest BCUT2D eigenvalue weighted by Gasteiger charge is -1.74. The number of hydrogen-bond acceptors (Lipinski definition) is 2. The van der Waals surface area contributed by atoms with E-state index < -0.39 is 0 Å². The van der Waals surface area contributed by atoms with E-state index in [0.717, 1.165) is 13.9 Å². The predicted octanol–water partition coefficient (Wildman–Crippen LogP) is 2.87. The molecule has 1 rings (SSSR count). The summed E-state index contributed by atoms with van der Waals surface area (Å²) in [7, 11) is 0. The second-order valence-corrected chi connectivity index (χ2v) is 4.20. The average molecular weight is 212 g/mol. The summed E-state index contributed by atoms with van der Waals surface area (Å²) in [6.07, 6.45) is 0. The van der Waals surface area contributed by atoms with E-state index in [4.69, 9.17) is 11.6 Å². The smallest absolute Gasteiger partial charge is 0.160 e. The molecule has 1 nitrogen and oxygen atoms in total. The second-order valence-electron chi connectivity index (χ2n) is 1.33. The van der Waals surface area contributed by atoms with E-state index in [9.17, 15) is 0 Å². The van der Waals surface area contributed by atoms with Gasteiger partial charge in [0.2, 0.25) is 0 Å². The Bertz CT molecular complexity index is 178. The molecule has 4 heteroatoms. The van der Waals surface area contributed by atoms with Crippen molar-refractivity contribution in [2.75, 3.05) is 0 Å². The van der Waals surface area contributed by atoms with Gasteiger partial charge in [-0.05, 0) is 22.9 Å². The first kappa shape index (κ1) is 6.52. The number of nitrogens with zero attached hydrogens (tertiary/aromatic N) is 1. The summed E-state index contributed by atoms with van der Waals surface area (Å²) in [5.74, 6) is 0. The third-order valence-electron chi connectivity index (χ3n) is 0.714. The highest BCUT2D eigenvalue weighted by Gasteiger charge is 1.99. The molecule has 1 aromatic heterocycles. The molecule has 0 N–H and O–H groups in total. The first-order valence-electron chi connectivity index (χ1n) is 1.98. The minimum Gasteiger partial charge on any atom is -0.233 e. The molecule has 44 valence electrons. The van der Waals surface area contributed by atoms with Crippen molar-refractivity contribution in [3.8, 4) is 0 Å². The number of halogens is 2. The third kappa shape index (κ3) is 1.21. The Kier molecular flexibility index (Phi) is 1.90. The maximum absolute atomic E-state index is 5.66. The molecule has 0 saturated carbocycles. The number of rotatable bonds is 0. The van der Waals surface area contributed by atoms with Gasteiger partial charge in [0.1, 0.15) is 4.34 Å². The van der Waals surface area contributed by atoms with Gasteiger partial charge >= 0.3 is 0 Å². The largest absolute Gasteiger partial charge is 0.233 e. The Morgan fingerprint density at radius 2 is 2.38 bits per heavy atom. The summed E-state index contributed by atoms with van der Waals surface area (Å²) < 4.78 is 1.61. The average Bonchev–Trinajstić information content (AvgIpc) is 1.85. The van der Waals surface area contributed by atoms with Crippen LogP contribution in [0.3, 0.4) is 0 Å². The van der Waals surface area contributed by atoms with Crippen LogP contribution in [0.1, 0.15) is 5.69 Å². The number of aromatic nitrogens is 1. The topological polar surface area (TPSA) is 12.9 Å². The van der Waals surface area contributed by atoms with Crippen LogP contribution >= 0.6 is 38.9 Å². The standard InChI is InChI=1S/C4H3BrClNS/c1-2-3(6)8-4(5)7-2/h1H3. The van der Waals surface area contributed by atoms with Crippen LogP contribution in [-0.4, -0.2) is 4.98 Å². The zero-order valence-electron chi connectivity index (χ0n) is 4.11. The first-order valence-corrected chi connectivity index (χ1v) is 3.97. The van der Waals surface area contributed by atoms with E-state index in [2.05, 4.69) is 20.9 Å². The SMILES string of the molecule is Cc1nc(Br)sc1Cl. The van der Waals surface area contributed by atoms with Gasteiger partial charge in [-0.15, -0.1) is 0 Å². The Hall–Kier alpha value is 0.400. The van der Waals surface area contributed by atoms with Crippen LogP contribution in [0.15, 0.2) is 3.92 Å². The molecular weight excluding hydrogens is 209 g/mol. The summed E-state index contributed by atoms with van der Waals surface area (Å²) in [6, 6.07) is 0. The molecule has 0 aromatic carbocycles. The Labute approximate surface area is 64.8 Å². The van der Waals surface area contributed by atoms with Crippen LogP contribution in [0, 0.1) is 6.92 Å². The monoisotopic (exact) mass is 211 g/mol. The van der Waals surface area contributed by atoms with Gasteiger partial charge in [0.15, 0.2) is 3.92 Å². The van der Waals surface area contributed by atoms with Crippen LogP contribution < -0.4 is 0 Å². The highest BCUT2D eigenvalue weighted by molar-refractivity contribution is 9.11. The molecule has 0 bridgehead atoms. The Balaban J connectivity index is 3.14. The van der Waals surface area contributed by atoms with Crippen molar-refractivity contribution in [1.82, 2.24) is 4.98 Å². The van der Waals surface area contributed by atoms with E-state index in [-0.39, 0.29) is 0 Å². The van der Waals surface area contributed by atoms with Gasteiger partial charge in [-0.1, -0.05) is 22.9 Å². The molecule has 8 heavy (non-hydrogen) atoms. The lowest BCUT2D eigenvalue weighted by molar-refractivity contribution is 1.24. The van der Waals surface area contributed by atoms with Crippen LogP contribution in [0.4, 0.5) is 0 Å². The van der Waals surface area contributed by atoms with Crippen molar-refractivity contribution in [2.24, 2.45) is 0 Å². The summed E-state index contributed by atoms with van der Waals surface area (Å²) in [5, 5.41) is 0. The normalized spacial score (nSPS) is 9.88. The van der Waals surface area contributed by atoms with E-state index in [1.165, 1.54) is 11.3 Å². The lowest BCUT2D eigenvalue weighted by atomic mass is 10.6. The highest BCUT2D eigenvalue weighted by Crippen LogP contribution is 2.26. The fourth-order valence-electron chi connectivity index (χ4n) is 0.346. The zero-order valence-corrected chi connectivity index (χ0v) is 7.27. The number of hydrogen-bond donors (Lipinski definition) is 0. The Morgan fingerprint density at radius 1 is 1.75 bits per heavy atom. The van der Waals surface area contributed by atoms with Gasteiger partial charge < -0.3 is 0 Å². The van der Waals surface area contributed by atoms with E-state index in [1.54, 1.807) is 0 Å². The van der Waals surface area contributed by atoms with Gasteiger partial charge in [0.25, 0.3) is 0 Å². The quantitative estimate of drug-likeness (QED) is 0.644. The number of thiazole rings is 1. The van der Waals surface area contributed by atoms with E-state index in [0.29, 0.717) is 0 Å². The molecule has 0 spiro atoms. The van der Waals surface area contributed by atoms with Gasteiger partial charge in [-0.2, -0.15) is 0 Å². The molecule has 0 fully saturated rings. The maximum Gasteiger partial charge on any atom is 0.160 e. The van der Waals surface area contributed by atoms with Crippen molar-refractivity contribution >= 4 is 38.9 Å². The van der Waals surface area contributed by atoms with Crippen molar-refractivity contribution < 1.29 is 0 Å². The molecule has 1 aromatic rings. The zero-order chi connectivity index (χ0) is 6.15. The van der Waals surface area contributed by atoms with E-state index >= 15 is 0 Å². The molecule has 0 unspecified atom stereocenters. The minimum atomic E-state index is 0.761. The van der Waals surface area contributed by atoms with Crippen LogP contribution in [0.25, 0.3) is 0 Å². The molecule has 0 aliphatic heterocycles. The van der Waals surface area contributed by atoms with E-state index in [1.807, 2.05) is 6.92 Å². The summed E-state index contributed by atoms with van der Waals surface area (Å²) in [6.45, 7) is 1.88. The van der Waals surface area contributed by atoms with Crippen LogP contribution in [0.5, 0.6) is 0 Å². The predicted molar refractivity (Wildman–Crippen MR) is 39.6 cm³/mol. The summed E-state index contributed by atoms with van der Waals surface area (Å²) in [4.78, 5) is 4.01. The third-order valence-corrected chi connectivity index (χ3v) is 2.62. The van der Waals surface area contributed by atoms with Crippen LogP contribution in [0.2, 0.25) is 4.34 Å².